The first-order chi connectivity index (χ1) is 11.4. The van der Waals surface area contributed by atoms with E-state index in [-0.39, 0.29) is 5.69 Å². The van der Waals surface area contributed by atoms with Gasteiger partial charge in [-0.05, 0) is 30.3 Å². The van der Waals surface area contributed by atoms with Crippen LogP contribution in [0.15, 0.2) is 48.5 Å². The van der Waals surface area contributed by atoms with E-state index < -0.39 is 11.0 Å². The fraction of sp³-hybridized carbons (Fsp3) is 0.333. The Morgan fingerprint density at radius 3 is 2.50 bits per heavy atom. The van der Waals surface area contributed by atoms with Gasteiger partial charge < -0.3 is 10.0 Å². The lowest BCUT2D eigenvalue weighted by atomic mass is 10.1. The SMILES string of the molecule is CN(Cc1cccc(N(C)C)c1)CC(O)c1cccc([N+](=O)[O-])c1. The molecule has 0 aliphatic rings. The highest BCUT2D eigenvalue weighted by molar-refractivity contribution is 5.47. The van der Waals surface area contributed by atoms with E-state index in [0.717, 1.165) is 11.3 Å². The Balaban J connectivity index is 2.01. The molecule has 2 aromatic carbocycles. The van der Waals surface area contributed by atoms with Crippen LogP contribution in [0.4, 0.5) is 11.4 Å². The van der Waals surface area contributed by atoms with Crippen LogP contribution in [-0.4, -0.2) is 42.6 Å². The minimum absolute atomic E-state index is 0.00659. The van der Waals surface area contributed by atoms with Crippen LogP contribution >= 0.6 is 0 Å². The van der Waals surface area contributed by atoms with E-state index in [1.807, 2.05) is 49.1 Å². The fourth-order valence-corrected chi connectivity index (χ4v) is 2.56. The van der Waals surface area contributed by atoms with Crippen LogP contribution in [0, 0.1) is 10.1 Å². The van der Waals surface area contributed by atoms with E-state index in [4.69, 9.17) is 0 Å². The van der Waals surface area contributed by atoms with Crippen molar-refractivity contribution in [3.05, 3.63) is 69.8 Å². The highest BCUT2D eigenvalue weighted by Gasteiger charge is 2.14. The minimum atomic E-state index is -0.771. The zero-order chi connectivity index (χ0) is 17.7. The number of nitro groups is 1. The van der Waals surface area contributed by atoms with Gasteiger partial charge >= 0.3 is 0 Å². The van der Waals surface area contributed by atoms with Crippen molar-refractivity contribution in [3.63, 3.8) is 0 Å². The van der Waals surface area contributed by atoms with Crippen molar-refractivity contribution < 1.29 is 10.0 Å². The Kier molecular flexibility index (Phi) is 5.89. The number of aliphatic hydroxyl groups is 1. The molecule has 24 heavy (non-hydrogen) atoms. The molecule has 0 radical (unpaired) electrons. The van der Waals surface area contributed by atoms with Crippen LogP contribution in [0.2, 0.25) is 0 Å². The quantitative estimate of drug-likeness (QED) is 0.625. The minimum Gasteiger partial charge on any atom is -0.387 e. The predicted octanol–water partition coefficient (Wildman–Crippen LogP) is 2.83. The van der Waals surface area contributed by atoms with Gasteiger partial charge in [-0.25, -0.2) is 0 Å². The molecule has 2 rings (SSSR count). The van der Waals surface area contributed by atoms with Gasteiger partial charge in [0.25, 0.3) is 5.69 Å². The summed E-state index contributed by atoms with van der Waals surface area (Å²) in [7, 11) is 5.91. The molecule has 0 saturated heterocycles. The van der Waals surface area contributed by atoms with Crippen LogP contribution in [0.25, 0.3) is 0 Å². The summed E-state index contributed by atoms with van der Waals surface area (Å²) in [5.74, 6) is 0. The maximum Gasteiger partial charge on any atom is 0.269 e. The predicted molar refractivity (Wildman–Crippen MR) is 95.2 cm³/mol. The van der Waals surface area contributed by atoms with Crippen LogP contribution in [-0.2, 0) is 6.54 Å². The maximum atomic E-state index is 10.8. The van der Waals surface area contributed by atoms with Gasteiger partial charge in [0.1, 0.15) is 0 Å². The van der Waals surface area contributed by atoms with Crippen molar-refractivity contribution in [1.82, 2.24) is 4.90 Å². The Bertz CT molecular complexity index is 703. The largest absolute Gasteiger partial charge is 0.387 e. The van der Waals surface area contributed by atoms with Crippen molar-refractivity contribution >= 4 is 11.4 Å². The molecule has 0 bridgehead atoms. The molecule has 0 fully saturated rings. The molecular weight excluding hydrogens is 306 g/mol. The Hall–Kier alpha value is -2.44. The number of aliphatic hydroxyl groups excluding tert-OH is 1. The number of non-ortho nitro benzene ring substituents is 1. The standard InChI is InChI=1S/C18H23N3O3/c1-19(2)16-8-4-6-14(10-16)12-20(3)13-18(22)15-7-5-9-17(11-15)21(23)24/h4-11,18,22H,12-13H2,1-3H3. The topological polar surface area (TPSA) is 69.8 Å². The van der Waals surface area contributed by atoms with E-state index in [0.29, 0.717) is 18.7 Å². The molecule has 1 N–H and O–H groups in total. The number of anilines is 1. The molecule has 0 spiro atoms. The van der Waals surface area contributed by atoms with Gasteiger partial charge in [0.2, 0.25) is 0 Å². The molecule has 0 aliphatic carbocycles. The zero-order valence-electron chi connectivity index (χ0n) is 14.2. The van der Waals surface area contributed by atoms with Gasteiger partial charge in [0.15, 0.2) is 0 Å². The molecule has 2 aromatic rings. The van der Waals surface area contributed by atoms with Crippen molar-refractivity contribution in [1.29, 1.82) is 0 Å². The molecule has 128 valence electrons. The summed E-state index contributed by atoms with van der Waals surface area (Å²) in [5, 5.41) is 21.2. The second-order valence-corrected chi connectivity index (χ2v) is 6.13. The molecule has 6 nitrogen and oxygen atoms in total. The molecule has 0 amide bonds. The third-order valence-electron chi connectivity index (χ3n) is 3.83. The third kappa shape index (κ3) is 4.78. The smallest absolute Gasteiger partial charge is 0.269 e. The van der Waals surface area contributed by atoms with Gasteiger partial charge in [0, 0.05) is 45.0 Å². The van der Waals surface area contributed by atoms with Crippen molar-refractivity contribution in [2.45, 2.75) is 12.6 Å². The van der Waals surface area contributed by atoms with Crippen LogP contribution in [0.5, 0.6) is 0 Å². The normalized spacial score (nSPS) is 12.2. The highest BCUT2D eigenvalue weighted by Crippen LogP contribution is 2.21. The first-order valence-corrected chi connectivity index (χ1v) is 7.74. The van der Waals surface area contributed by atoms with E-state index in [2.05, 4.69) is 6.07 Å². The number of benzene rings is 2. The lowest BCUT2D eigenvalue weighted by Crippen LogP contribution is -2.24. The number of nitrogens with zero attached hydrogens (tertiary/aromatic N) is 3. The summed E-state index contributed by atoms with van der Waals surface area (Å²) in [5.41, 5.74) is 2.82. The average molecular weight is 329 g/mol. The second-order valence-electron chi connectivity index (χ2n) is 6.13. The molecule has 1 unspecified atom stereocenters. The molecular formula is C18H23N3O3. The Morgan fingerprint density at radius 2 is 1.83 bits per heavy atom. The monoisotopic (exact) mass is 329 g/mol. The first kappa shape index (κ1) is 17.9. The van der Waals surface area contributed by atoms with E-state index in [1.165, 1.54) is 12.1 Å². The summed E-state index contributed by atoms with van der Waals surface area (Å²) in [6, 6.07) is 14.4. The highest BCUT2D eigenvalue weighted by atomic mass is 16.6. The first-order valence-electron chi connectivity index (χ1n) is 7.74. The number of likely N-dealkylation sites (N-methyl/N-ethyl adjacent to an activating group) is 1. The second kappa shape index (κ2) is 7.90. The summed E-state index contributed by atoms with van der Waals surface area (Å²) in [6.07, 6.45) is -0.771. The average Bonchev–Trinajstić information content (AvgIpc) is 2.55. The summed E-state index contributed by atoms with van der Waals surface area (Å²) in [6.45, 7) is 1.08. The Morgan fingerprint density at radius 1 is 1.12 bits per heavy atom. The summed E-state index contributed by atoms with van der Waals surface area (Å²) in [4.78, 5) is 14.4. The van der Waals surface area contributed by atoms with Gasteiger partial charge in [0.05, 0.1) is 11.0 Å². The Labute approximate surface area is 142 Å². The van der Waals surface area contributed by atoms with Crippen molar-refractivity contribution in [2.75, 3.05) is 32.6 Å². The van der Waals surface area contributed by atoms with E-state index in [1.54, 1.807) is 12.1 Å². The molecule has 0 saturated carbocycles. The molecule has 0 aromatic heterocycles. The molecule has 1 atom stereocenters. The maximum absolute atomic E-state index is 10.8. The molecule has 0 aliphatic heterocycles. The van der Waals surface area contributed by atoms with Crippen LogP contribution < -0.4 is 4.90 Å². The molecule has 6 heteroatoms. The van der Waals surface area contributed by atoms with Gasteiger partial charge in [-0.3, -0.25) is 15.0 Å². The third-order valence-corrected chi connectivity index (χ3v) is 3.83. The number of rotatable bonds is 7. The van der Waals surface area contributed by atoms with Crippen molar-refractivity contribution in [2.24, 2.45) is 0 Å². The summed E-state index contributed by atoms with van der Waals surface area (Å²) < 4.78 is 0. The van der Waals surface area contributed by atoms with E-state index >= 15 is 0 Å². The fourth-order valence-electron chi connectivity index (χ4n) is 2.56. The lowest BCUT2D eigenvalue weighted by Gasteiger charge is -2.22. The zero-order valence-corrected chi connectivity index (χ0v) is 14.2. The van der Waals surface area contributed by atoms with Crippen molar-refractivity contribution in [3.8, 4) is 0 Å². The van der Waals surface area contributed by atoms with Gasteiger partial charge in [-0.2, -0.15) is 0 Å². The number of nitro benzene ring substituents is 1. The van der Waals surface area contributed by atoms with Gasteiger partial charge in [-0.1, -0.05) is 24.3 Å². The number of hydrogen-bond acceptors (Lipinski definition) is 5. The molecule has 0 heterocycles. The summed E-state index contributed by atoms with van der Waals surface area (Å²) >= 11 is 0. The number of hydrogen-bond donors (Lipinski definition) is 1. The lowest BCUT2D eigenvalue weighted by molar-refractivity contribution is -0.385. The van der Waals surface area contributed by atoms with Crippen LogP contribution in [0.3, 0.4) is 0 Å². The van der Waals surface area contributed by atoms with Gasteiger partial charge in [-0.15, -0.1) is 0 Å². The van der Waals surface area contributed by atoms with E-state index in [9.17, 15) is 15.2 Å². The van der Waals surface area contributed by atoms with Crippen LogP contribution in [0.1, 0.15) is 17.2 Å².